The normalized spacial score (nSPS) is 11.2. The lowest BCUT2D eigenvalue weighted by Crippen LogP contribution is -2.20. The number of nitro benzene ring substituents is 1. The third-order valence-electron chi connectivity index (χ3n) is 4.79. The van der Waals surface area contributed by atoms with Crippen molar-refractivity contribution in [3.63, 3.8) is 0 Å². The molecule has 162 valence electrons. The summed E-state index contributed by atoms with van der Waals surface area (Å²) in [5.41, 5.74) is 1.78. The summed E-state index contributed by atoms with van der Waals surface area (Å²) in [6.45, 7) is 1.55. The van der Waals surface area contributed by atoms with Gasteiger partial charge in [-0.3, -0.25) is 14.9 Å². The SMILES string of the molecule is COc1cc(C(Nc2ccc(C#N)cc2)C(C)=O)c([N+](=O)[O-])cc1OCc1ccccc1. The number of carbonyl (C=O) groups is 1. The zero-order valence-electron chi connectivity index (χ0n) is 17.6. The van der Waals surface area contributed by atoms with Crippen LogP contribution in [-0.2, 0) is 11.4 Å². The molecule has 0 aliphatic heterocycles. The number of methoxy groups -OCH3 is 1. The zero-order chi connectivity index (χ0) is 23.1. The fourth-order valence-corrected chi connectivity index (χ4v) is 3.17. The van der Waals surface area contributed by atoms with E-state index in [1.807, 2.05) is 36.4 Å². The fraction of sp³-hybridized carbons (Fsp3) is 0.167. The number of hydrogen-bond donors (Lipinski definition) is 1. The smallest absolute Gasteiger partial charge is 0.279 e. The molecule has 8 heteroatoms. The van der Waals surface area contributed by atoms with E-state index in [1.165, 1.54) is 26.2 Å². The number of anilines is 1. The monoisotopic (exact) mass is 431 g/mol. The maximum Gasteiger partial charge on any atom is 0.279 e. The van der Waals surface area contributed by atoms with Gasteiger partial charge in [0.2, 0.25) is 0 Å². The number of nitrogens with zero attached hydrogens (tertiary/aromatic N) is 2. The van der Waals surface area contributed by atoms with Crippen molar-refractivity contribution in [1.29, 1.82) is 5.26 Å². The number of nitriles is 1. The summed E-state index contributed by atoms with van der Waals surface area (Å²) in [5.74, 6) is 0.152. The van der Waals surface area contributed by atoms with Crippen molar-refractivity contribution in [3.05, 3.63) is 93.5 Å². The van der Waals surface area contributed by atoms with Crippen LogP contribution in [0.15, 0.2) is 66.7 Å². The van der Waals surface area contributed by atoms with Gasteiger partial charge in [-0.1, -0.05) is 30.3 Å². The van der Waals surface area contributed by atoms with Crippen molar-refractivity contribution >= 4 is 17.2 Å². The Morgan fingerprint density at radius 1 is 1.12 bits per heavy atom. The summed E-state index contributed by atoms with van der Waals surface area (Å²) in [7, 11) is 1.43. The summed E-state index contributed by atoms with van der Waals surface area (Å²) in [6, 6.07) is 19.6. The largest absolute Gasteiger partial charge is 0.493 e. The molecule has 0 radical (unpaired) electrons. The van der Waals surface area contributed by atoms with E-state index < -0.39 is 11.0 Å². The van der Waals surface area contributed by atoms with Crippen molar-refractivity contribution in [2.24, 2.45) is 0 Å². The Morgan fingerprint density at radius 2 is 1.81 bits per heavy atom. The third-order valence-corrected chi connectivity index (χ3v) is 4.79. The van der Waals surface area contributed by atoms with Crippen LogP contribution in [0.5, 0.6) is 11.5 Å². The van der Waals surface area contributed by atoms with E-state index in [4.69, 9.17) is 14.7 Å². The van der Waals surface area contributed by atoms with Gasteiger partial charge in [0.15, 0.2) is 17.3 Å². The predicted molar refractivity (Wildman–Crippen MR) is 119 cm³/mol. The summed E-state index contributed by atoms with van der Waals surface area (Å²) in [5, 5.41) is 23.8. The minimum Gasteiger partial charge on any atom is -0.493 e. The van der Waals surface area contributed by atoms with Crippen molar-refractivity contribution in [2.45, 2.75) is 19.6 Å². The summed E-state index contributed by atoms with van der Waals surface area (Å²) in [4.78, 5) is 23.7. The zero-order valence-corrected chi connectivity index (χ0v) is 17.6. The molecule has 0 aliphatic rings. The Morgan fingerprint density at radius 3 is 2.38 bits per heavy atom. The maximum absolute atomic E-state index is 12.4. The first-order chi connectivity index (χ1) is 15.4. The molecular formula is C24H21N3O5. The van der Waals surface area contributed by atoms with Gasteiger partial charge < -0.3 is 14.8 Å². The van der Waals surface area contributed by atoms with E-state index in [1.54, 1.807) is 24.3 Å². The second-order valence-corrected chi connectivity index (χ2v) is 6.97. The first-order valence-corrected chi connectivity index (χ1v) is 9.73. The molecule has 3 aromatic carbocycles. The molecule has 3 aromatic rings. The Labute approximate surface area is 185 Å². The molecule has 0 spiro atoms. The quantitative estimate of drug-likeness (QED) is 0.382. The van der Waals surface area contributed by atoms with Crippen LogP contribution in [-0.4, -0.2) is 17.8 Å². The van der Waals surface area contributed by atoms with Gasteiger partial charge in [-0.05, 0) is 42.8 Å². The number of Topliss-reactive ketones (excluding diaryl/α,β-unsaturated/α-hetero) is 1. The summed E-state index contributed by atoms with van der Waals surface area (Å²) < 4.78 is 11.2. The summed E-state index contributed by atoms with van der Waals surface area (Å²) in [6.07, 6.45) is 0. The van der Waals surface area contributed by atoms with Crippen molar-refractivity contribution < 1.29 is 19.2 Å². The molecule has 0 bridgehead atoms. The van der Waals surface area contributed by atoms with Crippen LogP contribution in [0.25, 0.3) is 0 Å². The number of carbonyl (C=O) groups excluding carboxylic acids is 1. The first kappa shape index (κ1) is 22.3. The van der Waals surface area contributed by atoms with E-state index in [0.29, 0.717) is 11.3 Å². The van der Waals surface area contributed by atoms with Gasteiger partial charge in [0, 0.05) is 5.69 Å². The Hall–Kier alpha value is -4.38. The van der Waals surface area contributed by atoms with Crippen LogP contribution >= 0.6 is 0 Å². The van der Waals surface area contributed by atoms with Gasteiger partial charge in [-0.15, -0.1) is 0 Å². The topological polar surface area (TPSA) is 114 Å². The van der Waals surface area contributed by atoms with E-state index in [2.05, 4.69) is 5.32 Å². The molecule has 0 saturated heterocycles. The van der Waals surface area contributed by atoms with Crippen LogP contribution < -0.4 is 14.8 Å². The lowest BCUT2D eigenvalue weighted by atomic mass is 10.00. The van der Waals surface area contributed by atoms with Crippen LogP contribution in [0.3, 0.4) is 0 Å². The lowest BCUT2D eigenvalue weighted by Gasteiger charge is -2.20. The molecule has 0 fully saturated rings. The van der Waals surface area contributed by atoms with Crippen LogP contribution in [0.4, 0.5) is 11.4 Å². The highest BCUT2D eigenvalue weighted by Gasteiger charge is 2.29. The molecular weight excluding hydrogens is 410 g/mol. The number of benzene rings is 3. The number of nitrogens with one attached hydrogen (secondary N) is 1. The molecule has 1 N–H and O–H groups in total. The molecule has 1 atom stereocenters. The van der Waals surface area contributed by atoms with Crippen molar-refractivity contribution in [1.82, 2.24) is 0 Å². The second kappa shape index (κ2) is 10.1. The second-order valence-electron chi connectivity index (χ2n) is 6.97. The van der Waals surface area contributed by atoms with Gasteiger partial charge in [0.25, 0.3) is 5.69 Å². The Kier molecular flexibility index (Phi) is 7.03. The minimum absolute atomic E-state index is 0.149. The van der Waals surface area contributed by atoms with E-state index in [-0.39, 0.29) is 35.1 Å². The van der Waals surface area contributed by atoms with Gasteiger partial charge in [0.05, 0.1) is 35.3 Å². The lowest BCUT2D eigenvalue weighted by molar-refractivity contribution is -0.385. The van der Waals surface area contributed by atoms with Crippen LogP contribution in [0.2, 0.25) is 0 Å². The summed E-state index contributed by atoms with van der Waals surface area (Å²) >= 11 is 0. The molecule has 1 unspecified atom stereocenters. The molecule has 0 aliphatic carbocycles. The maximum atomic E-state index is 12.4. The highest BCUT2D eigenvalue weighted by molar-refractivity contribution is 5.87. The average molecular weight is 431 g/mol. The molecule has 0 saturated carbocycles. The molecule has 0 amide bonds. The first-order valence-electron chi connectivity index (χ1n) is 9.73. The van der Waals surface area contributed by atoms with E-state index >= 15 is 0 Å². The van der Waals surface area contributed by atoms with Gasteiger partial charge in [-0.2, -0.15) is 5.26 Å². The molecule has 32 heavy (non-hydrogen) atoms. The van der Waals surface area contributed by atoms with Gasteiger partial charge in [0.1, 0.15) is 12.6 Å². The van der Waals surface area contributed by atoms with Crippen molar-refractivity contribution in [2.75, 3.05) is 12.4 Å². The number of rotatable bonds is 9. The number of ketones is 1. The number of ether oxygens (including phenoxy) is 2. The fourth-order valence-electron chi connectivity index (χ4n) is 3.17. The standard InChI is InChI=1S/C24H21N3O5/c1-16(28)24(26-19-10-8-17(14-25)9-11-19)20-12-22(31-2)23(13-21(20)27(29)30)32-15-18-6-4-3-5-7-18/h3-13,24,26H,15H2,1-2H3. The highest BCUT2D eigenvalue weighted by atomic mass is 16.6. The molecule has 8 nitrogen and oxygen atoms in total. The van der Waals surface area contributed by atoms with Crippen molar-refractivity contribution in [3.8, 4) is 17.6 Å². The van der Waals surface area contributed by atoms with E-state index in [0.717, 1.165) is 5.56 Å². The third kappa shape index (κ3) is 5.21. The Bertz CT molecular complexity index is 1150. The minimum atomic E-state index is -1.000. The molecule has 3 rings (SSSR count). The molecule has 0 heterocycles. The van der Waals surface area contributed by atoms with Crippen LogP contribution in [0, 0.1) is 21.4 Å². The highest BCUT2D eigenvalue weighted by Crippen LogP contribution is 2.39. The van der Waals surface area contributed by atoms with Gasteiger partial charge in [-0.25, -0.2) is 0 Å². The number of nitro groups is 1. The average Bonchev–Trinajstić information content (AvgIpc) is 2.81. The van der Waals surface area contributed by atoms with E-state index in [9.17, 15) is 14.9 Å². The number of hydrogen-bond acceptors (Lipinski definition) is 7. The Balaban J connectivity index is 1.97. The molecule has 0 aromatic heterocycles. The van der Waals surface area contributed by atoms with Crippen LogP contribution in [0.1, 0.15) is 29.7 Å². The predicted octanol–water partition coefficient (Wildman–Crippen LogP) is 4.80. The van der Waals surface area contributed by atoms with Gasteiger partial charge >= 0.3 is 0 Å².